The lowest BCUT2D eigenvalue weighted by atomic mass is 9.87. The molecule has 2 rings (SSSR count). The Hall–Kier alpha value is -1.14. The average molecular weight is 341 g/mol. The zero-order valence-electron chi connectivity index (χ0n) is 15.4. The van der Waals surface area contributed by atoms with Crippen LogP contribution in [0, 0.1) is 5.92 Å². The van der Waals surface area contributed by atoms with E-state index in [1.54, 1.807) is 0 Å². The van der Waals surface area contributed by atoms with Crippen LogP contribution in [0.1, 0.15) is 59.3 Å². The number of hydrogen-bond acceptors (Lipinski definition) is 6. The molecule has 0 aromatic rings. The summed E-state index contributed by atoms with van der Waals surface area (Å²) in [4.78, 5) is 26.3. The zero-order valence-corrected chi connectivity index (χ0v) is 15.4. The Morgan fingerprint density at radius 3 is 2.12 bits per heavy atom. The summed E-state index contributed by atoms with van der Waals surface area (Å²) in [7, 11) is 1.43. The minimum atomic E-state index is -0.633. The Morgan fingerprint density at radius 1 is 1.04 bits per heavy atom. The van der Waals surface area contributed by atoms with E-state index in [1.165, 1.54) is 7.11 Å². The molecule has 2 aliphatic rings. The fourth-order valence-electron chi connectivity index (χ4n) is 3.40. The van der Waals surface area contributed by atoms with Crippen LogP contribution in [0.4, 0.5) is 0 Å². The maximum absolute atomic E-state index is 12.6. The molecule has 138 valence electrons. The Morgan fingerprint density at radius 2 is 1.62 bits per heavy atom. The highest BCUT2D eigenvalue weighted by atomic mass is 16.6. The SMILES string of the molecule is COC(=O)C1CCC(OC(C(=O)OC(C)(C)C)N2CCCC2)CC1. The van der Waals surface area contributed by atoms with Crippen LogP contribution in [-0.2, 0) is 23.8 Å². The molecule has 6 heteroatoms. The molecule has 1 atom stereocenters. The van der Waals surface area contributed by atoms with E-state index in [1.807, 2.05) is 20.8 Å². The van der Waals surface area contributed by atoms with E-state index in [9.17, 15) is 9.59 Å². The largest absolute Gasteiger partial charge is 0.469 e. The van der Waals surface area contributed by atoms with Crippen LogP contribution < -0.4 is 0 Å². The van der Waals surface area contributed by atoms with Crippen molar-refractivity contribution >= 4 is 11.9 Å². The van der Waals surface area contributed by atoms with Gasteiger partial charge in [0.25, 0.3) is 0 Å². The normalized spacial score (nSPS) is 26.8. The number of likely N-dealkylation sites (tertiary alicyclic amines) is 1. The first-order valence-electron chi connectivity index (χ1n) is 9.00. The van der Waals surface area contributed by atoms with E-state index in [2.05, 4.69) is 4.90 Å². The molecule has 0 spiro atoms. The highest BCUT2D eigenvalue weighted by molar-refractivity contribution is 5.75. The van der Waals surface area contributed by atoms with Crippen molar-refractivity contribution in [3.8, 4) is 0 Å². The van der Waals surface area contributed by atoms with Crippen LogP contribution >= 0.6 is 0 Å². The molecule has 1 aliphatic carbocycles. The topological polar surface area (TPSA) is 65.1 Å². The fourth-order valence-corrected chi connectivity index (χ4v) is 3.40. The van der Waals surface area contributed by atoms with Crippen LogP contribution in [0.25, 0.3) is 0 Å². The summed E-state index contributed by atoms with van der Waals surface area (Å²) in [6.45, 7) is 7.33. The molecule has 1 saturated carbocycles. The summed E-state index contributed by atoms with van der Waals surface area (Å²) < 4.78 is 16.5. The quantitative estimate of drug-likeness (QED) is 0.716. The number of carbonyl (C=O) groups excluding carboxylic acids is 2. The summed E-state index contributed by atoms with van der Waals surface area (Å²) in [5, 5.41) is 0. The van der Waals surface area contributed by atoms with Gasteiger partial charge in [-0.2, -0.15) is 0 Å². The first-order chi connectivity index (χ1) is 11.3. The second-order valence-electron chi connectivity index (χ2n) is 7.76. The van der Waals surface area contributed by atoms with Crippen molar-refractivity contribution in [3.05, 3.63) is 0 Å². The van der Waals surface area contributed by atoms with Crippen LogP contribution in [0.15, 0.2) is 0 Å². The number of rotatable bonds is 5. The number of ether oxygens (including phenoxy) is 3. The van der Waals surface area contributed by atoms with E-state index in [0.717, 1.165) is 51.6 Å². The Bertz CT molecular complexity index is 431. The molecule has 0 radical (unpaired) electrons. The van der Waals surface area contributed by atoms with Crippen LogP contribution in [0.5, 0.6) is 0 Å². The van der Waals surface area contributed by atoms with Gasteiger partial charge in [-0.15, -0.1) is 0 Å². The van der Waals surface area contributed by atoms with Gasteiger partial charge in [-0.3, -0.25) is 9.69 Å². The van der Waals surface area contributed by atoms with Crippen molar-refractivity contribution in [1.82, 2.24) is 4.90 Å². The van der Waals surface area contributed by atoms with Gasteiger partial charge in [-0.25, -0.2) is 4.79 Å². The molecule has 2 fully saturated rings. The molecule has 0 amide bonds. The Balaban J connectivity index is 1.93. The number of esters is 2. The van der Waals surface area contributed by atoms with Crippen molar-refractivity contribution in [2.24, 2.45) is 5.92 Å². The van der Waals surface area contributed by atoms with Gasteiger partial charge in [0.1, 0.15) is 5.60 Å². The highest BCUT2D eigenvalue weighted by Gasteiger charge is 2.36. The molecule has 1 aliphatic heterocycles. The van der Waals surface area contributed by atoms with Gasteiger partial charge in [0.05, 0.1) is 19.1 Å². The zero-order chi connectivity index (χ0) is 17.7. The summed E-state index contributed by atoms with van der Waals surface area (Å²) >= 11 is 0. The van der Waals surface area contributed by atoms with Crippen LogP contribution in [0.3, 0.4) is 0 Å². The van der Waals surface area contributed by atoms with Gasteiger partial charge < -0.3 is 14.2 Å². The van der Waals surface area contributed by atoms with Gasteiger partial charge in [0, 0.05) is 13.1 Å². The maximum atomic E-state index is 12.6. The predicted molar refractivity (Wildman–Crippen MR) is 89.3 cm³/mol. The molecule has 0 N–H and O–H groups in total. The van der Waals surface area contributed by atoms with Crippen molar-refractivity contribution in [2.45, 2.75) is 77.2 Å². The molecule has 0 aromatic heterocycles. The standard InChI is InChI=1S/C18H31NO5/c1-18(2,3)24-17(21)15(19-11-5-6-12-19)23-14-9-7-13(8-10-14)16(20)22-4/h13-15H,5-12H2,1-4H3. The third-order valence-corrected chi connectivity index (χ3v) is 4.61. The summed E-state index contributed by atoms with van der Waals surface area (Å²) in [5.74, 6) is -0.488. The summed E-state index contributed by atoms with van der Waals surface area (Å²) in [5.41, 5.74) is -0.527. The van der Waals surface area contributed by atoms with E-state index >= 15 is 0 Å². The average Bonchev–Trinajstić information content (AvgIpc) is 3.04. The Labute approximate surface area is 144 Å². The molecule has 1 unspecified atom stereocenters. The van der Waals surface area contributed by atoms with Gasteiger partial charge in [0.2, 0.25) is 6.23 Å². The number of carbonyl (C=O) groups is 2. The Kier molecular flexibility index (Phi) is 6.63. The van der Waals surface area contributed by atoms with Gasteiger partial charge in [-0.1, -0.05) is 0 Å². The minimum absolute atomic E-state index is 0.0102. The molecule has 1 saturated heterocycles. The van der Waals surface area contributed by atoms with Crippen molar-refractivity contribution in [3.63, 3.8) is 0 Å². The van der Waals surface area contributed by atoms with Gasteiger partial charge in [-0.05, 0) is 59.3 Å². The molecule has 6 nitrogen and oxygen atoms in total. The van der Waals surface area contributed by atoms with E-state index in [-0.39, 0.29) is 24.0 Å². The molecular formula is C18H31NO5. The molecule has 1 heterocycles. The lowest BCUT2D eigenvalue weighted by molar-refractivity contribution is -0.190. The van der Waals surface area contributed by atoms with Crippen molar-refractivity contribution < 1.29 is 23.8 Å². The lowest BCUT2D eigenvalue weighted by Gasteiger charge is -2.34. The first kappa shape index (κ1) is 19.2. The number of hydrogen-bond donors (Lipinski definition) is 0. The van der Waals surface area contributed by atoms with Gasteiger partial charge >= 0.3 is 11.9 Å². The third kappa shape index (κ3) is 5.45. The second-order valence-corrected chi connectivity index (χ2v) is 7.76. The molecule has 24 heavy (non-hydrogen) atoms. The van der Waals surface area contributed by atoms with E-state index < -0.39 is 11.8 Å². The third-order valence-electron chi connectivity index (χ3n) is 4.61. The molecular weight excluding hydrogens is 310 g/mol. The second kappa shape index (κ2) is 8.30. The van der Waals surface area contributed by atoms with Crippen LogP contribution in [0.2, 0.25) is 0 Å². The maximum Gasteiger partial charge on any atom is 0.351 e. The molecule has 0 aromatic carbocycles. The smallest absolute Gasteiger partial charge is 0.351 e. The number of nitrogens with zero attached hydrogens (tertiary/aromatic N) is 1. The predicted octanol–water partition coefficient (Wildman–Crippen LogP) is 2.50. The molecule has 0 bridgehead atoms. The summed E-state index contributed by atoms with van der Waals surface area (Å²) in [6.07, 6.45) is 4.56. The van der Waals surface area contributed by atoms with Crippen molar-refractivity contribution in [1.29, 1.82) is 0 Å². The monoisotopic (exact) mass is 341 g/mol. The highest BCUT2D eigenvalue weighted by Crippen LogP contribution is 2.29. The first-order valence-corrected chi connectivity index (χ1v) is 9.00. The lowest BCUT2D eigenvalue weighted by Crippen LogP contribution is -2.47. The fraction of sp³-hybridized carbons (Fsp3) is 0.889. The summed E-state index contributed by atoms with van der Waals surface area (Å²) in [6, 6.07) is 0. The van der Waals surface area contributed by atoms with Crippen molar-refractivity contribution in [2.75, 3.05) is 20.2 Å². The van der Waals surface area contributed by atoms with E-state index in [4.69, 9.17) is 14.2 Å². The minimum Gasteiger partial charge on any atom is -0.469 e. The van der Waals surface area contributed by atoms with E-state index in [0.29, 0.717) is 0 Å². The van der Waals surface area contributed by atoms with Crippen LogP contribution in [-0.4, -0.2) is 55.0 Å². The van der Waals surface area contributed by atoms with Gasteiger partial charge in [0.15, 0.2) is 0 Å². The number of methoxy groups -OCH3 is 1.